The Morgan fingerprint density at radius 2 is 1.90 bits per heavy atom. The zero-order valence-electron chi connectivity index (χ0n) is 12.1. The van der Waals surface area contributed by atoms with Crippen molar-refractivity contribution < 1.29 is 4.79 Å². The lowest BCUT2D eigenvalue weighted by Gasteiger charge is -2.16. The van der Waals surface area contributed by atoms with E-state index in [9.17, 15) is 4.79 Å². The largest absolute Gasteiger partial charge is 0.398 e. The highest BCUT2D eigenvalue weighted by Gasteiger charge is 2.14. The van der Waals surface area contributed by atoms with Crippen LogP contribution in [0.3, 0.4) is 0 Å². The third-order valence-electron chi connectivity index (χ3n) is 3.51. The Labute approximate surface area is 124 Å². The van der Waals surface area contributed by atoms with Crippen LogP contribution in [0.5, 0.6) is 0 Å². The van der Waals surface area contributed by atoms with Crippen molar-refractivity contribution in [2.75, 3.05) is 5.73 Å². The average Bonchev–Trinajstić information content (AvgIpc) is 2.50. The number of anilines is 1. The molecule has 106 valence electrons. The van der Waals surface area contributed by atoms with Gasteiger partial charge in [-0.15, -0.1) is 0 Å². The van der Waals surface area contributed by atoms with Gasteiger partial charge in [-0.1, -0.05) is 18.2 Å². The summed E-state index contributed by atoms with van der Waals surface area (Å²) in [6, 6.07) is 14.4. The fourth-order valence-corrected chi connectivity index (χ4v) is 2.10. The molecule has 0 aromatic heterocycles. The lowest BCUT2D eigenvalue weighted by Crippen LogP contribution is -2.27. The molecule has 4 nitrogen and oxygen atoms in total. The molecule has 4 heteroatoms. The van der Waals surface area contributed by atoms with Gasteiger partial charge in [0, 0.05) is 11.3 Å². The second-order valence-corrected chi connectivity index (χ2v) is 4.95. The Morgan fingerprint density at radius 1 is 1.24 bits per heavy atom. The first-order chi connectivity index (χ1) is 10.0. The molecule has 1 atom stereocenters. The standard InChI is InChI=1S/C17H17N3O/c1-11-15(4-3-5-16(11)19)17(21)20-12(2)14-8-6-13(10-18)7-9-14/h3-9,12H,19H2,1-2H3,(H,20,21). The number of carbonyl (C=O) groups excluding carboxylic acids is 1. The maximum atomic E-state index is 12.3. The van der Waals surface area contributed by atoms with E-state index in [-0.39, 0.29) is 11.9 Å². The van der Waals surface area contributed by atoms with Crippen molar-refractivity contribution in [1.82, 2.24) is 5.32 Å². The first-order valence-corrected chi connectivity index (χ1v) is 6.69. The van der Waals surface area contributed by atoms with E-state index < -0.39 is 0 Å². The minimum atomic E-state index is -0.156. The van der Waals surface area contributed by atoms with Gasteiger partial charge in [0.25, 0.3) is 5.91 Å². The number of nitriles is 1. The number of amides is 1. The van der Waals surface area contributed by atoms with E-state index in [1.807, 2.05) is 26.0 Å². The number of hydrogen-bond donors (Lipinski definition) is 2. The number of benzene rings is 2. The molecule has 1 amide bonds. The first kappa shape index (κ1) is 14.6. The van der Waals surface area contributed by atoms with Crippen molar-refractivity contribution in [2.45, 2.75) is 19.9 Å². The van der Waals surface area contributed by atoms with Crippen molar-refractivity contribution in [3.63, 3.8) is 0 Å². The molecule has 21 heavy (non-hydrogen) atoms. The maximum Gasteiger partial charge on any atom is 0.252 e. The lowest BCUT2D eigenvalue weighted by atomic mass is 10.0. The molecule has 0 aliphatic heterocycles. The van der Waals surface area contributed by atoms with Crippen molar-refractivity contribution in [1.29, 1.82) is 5.26 Å². The minimum absolute atomic E-state index is 0.147. The van der Waals surface area contributed by atoms with E-state index in [2.05, 4.69) is 11.4 Å². The van der Waals surface area contributed by atoms with Crippen LogP contribution in [0.2, 0.25) is 0 Å². The Bertz CT molecular complexity index is 699. The van der Waals surface area contributed by atoms with E-state index in [0.717, 1.165) is 11.1 Å². The van der Waals surface area contributed by atoms with E-state index in [1.54, 1.807) is 30.3 Å². The van der Waals surface area contributed by atoms with E-state index in [0.29, 0.717) is 16.8 Å². The van der Waals surface area contributed by atoms with Crippen molar-refractivity contribution in [2.24, 2.45) is 0 Å². The molecule has 0 bridgehead atoms. The monoisotopic (exact) mass is 279 g/mol. The summed E-state index contributed by atoms with van der Waals surface area (Å²) in [6.07, 6.45) is 0. The summed E-state index contributed by atoms with van der Waals surface area (Å²) in [4.78, 5) is 12.3. The topological polar surface area (TPSA) is 78.9 Å². The molecule has 0 radical (unpaired) electrons. The molecule has 0 saturated carbocycles. The summed E-state index contributed by atoms with van der Waals surface area (Å²) < 4.78 is 0. The fourth-order valence-electron chi connectivity index (χ4n) is 2.10. The average molecular weight is 279 g/mol. The van der Waals surface area contributed by atoms with Crippen LogP contribution in [0.25, 0.3) is 0 Å². The van der Waals surface area contributed by atoms with Gasteiger partial charge >= 0.3 is 0 Å². The summed E-state index contributed by atoms with van der Waals surface area (Å²) in [5.41, 5.74) is 9.33. The van der Waals surface area contributed by atoms with Crippen molar-refractivity contribution in [3.8, 4) is 6.07 Å². The van der Waals surface area contributed by atoms with Crippen LogP contribution in [-0.4, -0.2) is 5.91 Å². The smallest absolute Gasteiger partial charge is 0.252 e. The predicted octanol–water partition coefficient (Wildman–Crippen LogP) is 2.94. The zero-order chi connectivity index (χ0) is 15.4. The van der Waals surface area contributed by atoms with Crippen LogP contribution >= 0.6 is 0 Å². The molecular weight excluding hydrogens is 262 g/mol. The molecule has 0 aliphatic carbocycles. The molecule has 0 heterocycles. The summed E-state index contributed by atoms with van der Waals surface area (Å²) >= 11 is 0. The Hall–Kier alpha value is -2.80. The van der Waals surface area contributed by atoms with Gasteiger partial charge in [0.2, 0.25) is 0 Å². The Kier molecular flexibility index (Phi) is 4.24. The molecule has 0 aliphatic rings. The SMILES string of the molecule is Cc1c(N)cccc1C(=O)NC(C)c1ccc(C#N)cc1. The van der Waals surface area contributed by atoms with Gasteiger partial charge in [-0.2, -0.15) is 5.26 Å². The molecular formula is C17H17N3O. The molecule has 0 saturated heterocycles. The van der Waals surface area contributed by atoms with Crippen LogP contribution in [0.15, 0.2) is 42.5 Å². The van der Waals surface area contributed by atoms with Gasteiger partial charge in [-0.25, -0.2) is 0 Å². The summed E-state index contributed by atoms with van der Waals surface area (Å²) in [7, 11) is 0. The number of nitrogens with one attached hydrogen (secondary N) is 1. The highest BCUT2D eigenvalue weighted by atomic mass is 16.1. The van der Waals surface area contributed by atoms with Gasteiger partial charge in [-0.3, -0.25) is 4.79 Å². The maximum absolute atomic E-state index is 12.3. The minimum Gasteiger partial charge on any atom is -0.398 e. The van der Waals surface area contributed by atoms with Gasteiger partial charge < -0.3 is 11.1 Å². The highest BCUT2D eigenvalue weighted by molar-refractivity contribution is 5.97. The number of carbonyl (C=O) groups is 1. The molecule has 2 aromatic rings. The summed E-state index contributed by atoms with van der Waals surface area (Å²) in [6.45, 7) is 3.73. The van der Waals surface area contributed by atoms with Gasteiger partial charge in [0.1, 0.15) is 0 Å². The van der Waals surface area contributed by atoms with Crippen LogP contribution in [0.4, 0.5) is 5.69 Å². The number of hydrogen-bond acceptors (Lipinski definition) is 3. The molecule has 2 aromatic carbocycles. The van der Waals surface area contributed by atoms with Gasteiger partial charge in [0.05, 0.1) is 17.7 Å². The number of nitrogens with zero attached hydrogens (tertiary/aromatic N) is 1. The lowest BCUT2D eigenvalue weighted by molar-refractivity contribution is 0.0939. The van der Waals surface area contributed by atoms with Crippen LogP contribution in [-0.2, 0) is 0 Å². The molecule has 2 rings (SSSR count). The van der Waals surface area contributed by atoms with Crippen LogP contribution in [0, 0.1) is 18.3 Å². The van der Waals surface area contributed by atoms with E-state index in [1.165, 1.54) is 0 Å². The van der Waals surface area contributed by atoms with Crippen molar-refractivity contribution >= 4 is 11.6 Å². The van der Waals surface area contributed by atoms with E-state index in [4.69, 9.17) is 11.0 Å². The summed E-state index contributed by atoms with van der Waals surface area (Å²) in [5, 5.41) is 11.7. The highest BCUT2D eigenvalue weighted by Crippen LogP contribution is 2.18. The summed E-state index contributed by atoms with van der Waals surface area (Å²) in [5.74, 6) is -0.156. The molecule has 0 spiro atoms. The van der Waals surface area contributed by atoms with E-state index >= 15 is 0 Å². The quantitative estimate of drug-likeness (QED) is 0.848. The van der Waals surface area contributed by atoms with Crippen LogP contribution in [0.1, 0.15) is 40.0 Å². The second kappa shape index (κ2) is 6.10. The number of nitrogens with two attached hydrogens (primary N) is 1. The Balaban J connectivity index is 2.15. The second-order valence-electron chi connectivity index (χ2n) is 4.95. The third-order valence-corrected chi connectivity index (χ3v) is 3.51. The molecule has 3 N–H and O–H groups in total. The fraction of sp³-hybridized carbons (Fsp3) is 0.176. The molecule has 0 fully saturated rings. The Morgan fingerprint density at radius 3 is 2.52 bits per heavy atom. The zero-order valence-corrected chi connectivity index (χ0v) is 12.1. The number of rotatable bonds is 3. The third kappa shape index (κ3) is 3.21. The van der Waals surface area contributed by atoms with Crippen LogP contribution < -0.4 is 11.1 Å². The first-order valence-electron chi connectivity index (χ1n) is 6.69. The van der Waals surface area contributed by atoms with Crippen molar-refractivity contribution in [3.05, 3.63) is 64.7 Å². The van der Waals surface area contributed by atoms with Gasteiger partial charge in [-0.05, 0) is 49.2 Å². The normalized spacial score (nSPS) is 11.5. The molecule has 1 unspecified atom stereocenters. The number of nitrogen functional groups attached to an aromatic ring is 1. The predicted molar refractivity (Wildman–Crippen MR) is 82.6 cm³/mol. The van der Waals surface area contributed by atoms with Gasteiger partial charge in [0.15, 0.2) is 0 Å².